The van der Waals surface area contributed by atoms with Crippen molar-refractivity contribution in [3.05, 3.63) is 43.9 Å². The van der Waals surface area contributed by atoms with Crippen molar-refractivity contribution in [3.8, 4) is 0 Å². The molecule has 2 heterocycles. The van der Waals surface area contributed by atoms with Crippen LogP contribution in [-0.4, -0.2) is 21.9 Å². The van der Waals surface area contributed by atoms with Gasteiger partial charge in [0.05, 0.1) is 18.0 Å². The maximum absolute atomic E-state index is 10.5. The van der Waals surface area contributed by atoms with Crippen molar-refractivity contribution in [2.24, 2.45) is 10.1 Å². The van der Waals surface area contributed by atoms with Crippen LogP contribution in [0.2, 0.25) is 0 Å². The van der Waals surface area contributed by atoms with E-state index in [0.29, 0.717) is 5.76 Å². The third-order valence-corrected chi connectivity index (χ3v) is 3.26. The summed E-state index contributed by atoms with van der Waals surface area (Å²) < 4.78 is 6.69. The lowest BCUT2D eigenvalue weighted by Gasteiger charge is -1.98. The Hall–Kier alpha value is -2.22. The number of hydrogen-bond donors (Lipinski definition) is 0. The molecule has 0 bridgehead atoms. The van der Waals surface area contributed by atoms with Gasteiger partial charge in [0.15, 0.2) is 5.76 Å². The molecule has 0 fully saturated rings. The molecule has 0 aliphatic heterocycles. The van der Waals surface area contributed by atoms with Crippen LogP contribution in [0.4, 0.5) is 5.88 Å². The smallest absolute Gasteiger partial charge is 0.400 e. The molecule has 2 aromatic heterocycles. The first-order valence-corrected chi connectivity index (χ1v) is 6.85. The Bertz CT molecular complexity index is 708. The quantitative estimate of drug-likeness (QED) is 0.493. The first kappa shape index (κ1) is 14.2. The highest BCUT2D eigenvalue weighted by Crippen LogP contribution is 2.14. The standard InChI is InChI=1S/C12H14N4O3S/c1-8(2)14-12-15(9(3)7-20-12)13-6-10-4-5-11(19-10)16(17)18/h4-8H,1-3H3. The molecule has 0 radical (unpaired) electrons. The average Bonchev–Trinajstić information content (AvgIpc) is 2.95. The molecular formula is C12H14N4O3S. The van der Waals surface area contributed by atoms with E-state index in [-0.39, 0.29) is 11.9 Å². The molecule has 106 valence electrons. The molecule has 2 rings (SSSR count). The van der Waals surface area contributed by atoms with Gasteiger partial charge in [-0.05, 0) is 26.8 Å². The Morgan fingerprint density at radius 3 is 2.85 bits per heavy atom. The monoisotopic (exact) mass is 294 g/mol. The van der Waals surface area contributed by atoms with Gasteiger partial charge in [-0.1, -0.05) is 0 Å². The Morgan fingerprint density at radius 2 is 2.25 bits per heavy atom. The fourth-order valence-corrected chi connectivity index (χ4v) is 2.40. The van der Waals surface area contributed by atoms with E-state index in [1.807, 2.05) is 26.2 Å². The van der Waals surface area contributed by atoms with Crippen LogP contribution in [-0.2, 0) is 0 Å². The normalized spacial score (nSPS) is 12.7. The zero-order valence-electron chi connectivity index (χ0n) is 11.3. The van der Waals surface area contributed by atoms with Gasteiger partial charge in [-0.25, -0.2) is 4.68 Å². The van der Waals surface area contributed by atoms with Gasteiger partial charge in [-0.15, -0.1) is 11.3 Å². The summed E-state index contributed by atoms with van der Waals surface area (Å²) in [6, 6.07) is 2.97. The zero-order chi connectivity index (χ0) is 14.7. The third kappa shape index (κ3) is 3.21. The van der Waals surface area contributed by atoms with Crippen molar-refractivity contribution < 1.29 is 9.34 Å². The first-order chi connectivity index (χ1) is 9.47. The summed E-state index contributed by atoms with van der Waals surface area (Å²) >= 11 is 1.49. The topological polar surface area (TPSA) is 85.9 Å². The first-order valence-electron chi connectivity index (χ1n) is 5.97. The van der Waals surface area contributed by atoms with E-state index in [2.05, 4.69) is 10.1 Å². The third-order valence-electron chi connectivity index (χ3n) is 2.31. The minimum Gasteiger partial charge on any atom is -0.400 e. The highest BCUT2D eigenvalue weighted by atomic mass is 32.1. The Kier molecular flexibility index (Phi) is 4.14. The Morgan fingerprint density at radius 1 is 1.50 bits per heavy atom. The van der Waals surface area contributed by atoms with Crippen LogP contribution < -0.4 is 4.80 Å². The van der Waals surface area contributed by atoms with Crippen LogP contribution in [0.1, 0.15) is 25.3 Å². The molecule has 0 saturated carbocycles. The summed E-state index contributed by atoms with van der Waals surface area (Å²) in [5.74, 6) is 0.0240. The molecular weight excluding hydrogens is 280 g/mol. The second-order valence-electron chi connectivity index (χ2n) is 4.37. The fourth-order valence-electron chi connectivity index (χ4n) is 1.46. The molecule has 0 amide bonds. The lowest BCUT2D eigenvalue weighted by atomic mass is 10.4. The van der Waals surface area contributed by atoms with Gasteiger partial charge in [0.1, 0.15) is 4.92 Å². The number of rotatable bonds is 4. The van der Waals surface area contributed by atoms with Crippen LogP contribution in [0.15, 0.2) is 32.0 Å². The van der Waals surface area contributed by atoms with Crippen LogP contribution in [0.3, 0.4) is 0 Å². The van der Waals surface area contributed by atoms with Crippen molar-refractivity contribution in [2.45, 2.75) is 26.8 Å². The van der Waals surface area contributed by atoms with Crippen molar-refractivity contribution >= 4 is 23.4 Å². The van der Waals surface area contributed by atoms with Gasteiger partial charge >= 0.3 is 5.88 Å². The second kappa shape index (κ2) is 5.83. The van der Waals surface area contributed by atoms with Crippen LogP contribution >= 0.6 is 11.3 Å². The number of aryl methyl sites for hydroxylation is 1. The maximum Gasteiger partial charge on any atom is 0.433 e. The summed E-state index contributed by atoms with van der Waals surface area (Å²) in [7, 11) is 0. The van der Waals surface area contributed by atoms with Crippen molar-refractivity contribution in [1.29, 1.82) is 0 Å². The minimum absolute atomic E-state index is 0.166. The fraction of sp³-hybridized carbons (Fsp3) is 0.333. The number of nitrogens with zero attached hydrogens (tertiary/aromatic N) is 4. The molecule has 0 atom stereocenters. The average molecular weight is 294 g/mol. The van der Waals surface area contributed by atoms with Crippen LogP contribution in [0, 0.1) is 17.0 Å². The predicted molar refractivity (Wildman–Crippen MR) is 76.1 cm³/mol. The van der Waals surface area contributed by atoms with Crippen molar-refractivity contribution in [3.63, 3.8) is 0 Å². The number of nitro groups is 1. The summed E-state index contributed by atoms with van der Waals surface area (Å²) in [5, 5.41) is 16.7. The van der Waals surface area contributed by atoms with Crippen molar-refractivity contribution in [2.75, 3.05) is 0 Å². The van der Waals surface area contributed by atoms with E-state index in [1.165, 1.54) is 29.7 Å². The molecule has 0 aromatic carbocycles. The minimum atomic E-state index is -0.583. The van der Waals surface area contributed by atoms with Gasteiger partial charge in [0.2, 0.25) is 4.80 Å². The highest BCUT2D eigenvalue weighted by molar-refractivity contribution is 7.07. The SMILES string of the molecule is Cc1csc(=NC(C)C)n1N=Cc1ccc([N+](=O)[O-])o1. The van der Waals surface area contributed by atoms with E-state index in [4.69, 9.17) is 4.42 Å². The molecule has 2 aromatic rings. The molecule has 0 unspecified atom stereocenters. The maximum atomic E-state index is 10.5. The Balaban J connectivity index is 2.31. The molecule has 20 heavy (non-hydrogen) atoms. The van der Waals surface area contributed by atoms with Gasteiger partial charge < -0.3 is 4.42 Å². The molecule has 0 spiro atoms. The predicted octanol–water partition coefficient (Wildman–Crippen LogP) is 2.55. The highest BCUT2D eigenvalue weighted by Gasteiger charge is 2.10. The van der Waals surface area contributed by atoms with Crippen molar-refractivity contribution in [1.82, 2.24) is 4.68 Å². The van der Waals surface area contributed by atoms with E-state index in [0.717, 1.165) is 10.5 Å². The van der Waals surface area contributed by atoms with E-state index >= 15 is 0 Å². The number of thiazole rings is 1. The van der Waals surface area contributed by atoms with Gasteiger partial charge in [-0.2, -0.15) is 5.10 Å². The van der Waals surface area contributed by atoms with Gasteiger partial charge in [0.25, 0.3) is 0 Å². The largest absolute Gasteiger partial charge is 0.433 e. The molecule has 0 aliphatic rings. The second-order valence-corrected chi connectivity index (χ2v) is 5.21. The lowest BCUT2D eigenvalue weighted by Crippen LogP contribution is -2.14. The summed E-state index contributed by atoms with van der Waals surface area (Å²) in [4.78, 5) is 15.2. The molecule has 0 aliphatic carbocycles. The van der Waals surface area contributed by atoms with E-state index in [9.17, 15) is 10.1 Å². The molecule has 0 N–H and O–H groups in total. The van der Waals surface area contributed by atoms with E-state index < -0.39 is 4.92 Å². The van der Waals surface area contributed by atoms with Crippen LogP contribution in [0.5, 0.6) is 0 Å². The summed E-state index contributed by atoms with van der Waals surface area (Å²) in [5.41, 5.74) is 0.937. The zero-order valence-corrected chi connectivity index (χ0v) is 12.1. The number of hydrogen-bond acceptors (Lipinski definition) is 6. The Labute approximate surface area is 119 Å². The molecule has 0 saturated heterocycles. The van der Waals surface area contributed by atoms with Crippen LogP contribution in [0.25, 0.3) is 0 Å². The summed E-state index contributed by atoms with van der Waals surface area (Å²) in [6.45, 7) is 5.88. The lowest BCUT2D eigenvalue weighted by molar-refractivity contribution is -0.402. The molecule has 8 heteroatoms. The van der Waals surface area contributed by atoms with Gasteiger partial charge in [0, 0.05) is 11.4 Å². The van der Waals surface area contributed by atoms with Gasteiger partial charge in [-0.3, -0.25) is 15.1 Å². The number of furan rings is 1. The summed E-state index contributed by atoms with van der Waals surface area (Å²) in [6.07, 6.45) is 1.44. The molecule has 7 nitrogen and oxygen atoms in total. The number of aromatic nitrogens is 1. The van der Waals surface area contributed by atoms with E-state index in [1.54, 1.807) is 4.68 Å².